The Morgan fingerprint density at radius 2 is 1.08 bits per heavy atom. The smallest absolute Gasteiger partial charge is 0.188 e. The van der Waals surface area contributed by atoms with Gasteiger partial charge in [0, 0.05) is 51.4 Å². The highest BCUT2D eigenvalue weighted by Gasteiger charge is 2.16. The Hall–Kier alpha value is -6.24. The molecule has 226 valence electrons. The molecule has 0 saturated carbocycles. The zero-order valence-corrected chi connectivity index (χ0v) is 27.6. The topological polar surface area (TPSA) is 33.1 Å². The highest BCUT2D eigenvalue weighted by Crippen LogP contribution is 2.41. The lowest BCUT2D eigenvalue weighted by atomic mass is 9.97. The van der Waals surface area contributed by atoms with Crippen molar-refractivity contribution >= 4 is 90.5 Å². The lowest BCUT2D eigenvalue weighted by molar-refractivity contribution is 1.19. The summed E-state index contributed by atoms with van der Waals surface area (Å²) in [7, 11) is 0. The van der Waals surface area contributed by atoms with E-state index in [4.69, 9.17) is 6.57 Å². The average molecular weight is 658 g/mol. The summed E-state index contributed by atoms with van der Waals surface area (Å²) in [5.74, 6) is 0. The van der Waals surface area contributed by atoms with E-state index in [1.807, 2.05) is 59.1 Å². The molecule has 0 bridgehead atoms. The van der Waals surface area contributed by atoms with Crippen LogP contribution in [0.1, 0.15) is 5.56 Å². The van der Waals surface area contributed by atoms with Gasteiger partial charge in [0.15, 0.2) is 5.69 Å². The van der Waals surface area contributed by atoms with E-state index >= 15 is 0 Å². The number of hydrogen-bond acceptors (Lipinski definition) is 3. The van der Waals surface area contributed by atoms with Crippen molar-refractivity contribution in [3.05, 3.63) is 157 Å². The van der Waals surface area contributed by atoms with E-state index in [9.17, 15) is 5.26 Å². The van der Waals surface area contributed by atoms with Crippen molar-refractivity contribution in [2.24, 2.45) is 0 Å². The van der Waals surface area contributed by atoms with Gasteiger partial charge in [0.25, 0.3) is 0 Å². The largest absolute Gasteiger partial charge is 0.309 e. The van der Waals surface area contributed by atoms with Gasteiger partial charge in [0.1, 0.15) is 0 Å². The first-order valence-electron chi connectivity index (χ1n) is 16.0. The van der Waals surface area contributed by atoms with Crippen LogP contribution in [-0.2, 0) is 0 Å². The molecular weight excluding hydrogens is 635 g/mol. The fourth-order valence-electron chi connectivity index (χ4n) is 7.30. The Bertz CT molecular complexity index is 3020. The van der Waals surface area contributed by atoms with Gasteiger partial charge in [-0.2, -0.15) is 5.26 Å². The summed E-state index contributed by atoms with van der Waals surface area (Å²) in [6.07, 6.45) is 0. The Kier molecular flexibility index (Phi) is 6.04. The van der Waals surface area contributed by atoms with Crippen LogP contribution in [0, 0.1) is 17.9 Å². The Balaban J connectivity index is 1.11. The molecule has 0 aliphatic carbocycles. The average Bonchev–Trinajstić information content (AvgIpc) is 3.82. The first-order valence-corrected chi connectivity index (χ1v) is 17.6. The highest BCUT2D eigenvalue weighted by molar-refractivity contribution is 7.26. The van der Waals surface area contributed by atoms with Crippen LogP contribution in [0.5, 0.6) is 0 Å². The summed E-state index contributed by atoms with van der Waals surface area (Å²) in [4.78, 5) is 3.67. The maximum Gasteiger partial charge on any atom is 0.188 e. The number of rotatable bonds is 3. The van der Waals surface area contributed by atoms with Crippen LogP contribution in [-0.4, -0.2) is 4.57 Å². The van der Waals surface area contributed by atoms with Gasteiger partial charge in [-0.3, -0.25) is 0 Å². The summed E-state index contributed by atoms with van der Waals surface area (Å²) in [6.45, 7) is 7.58. The third-order valence-electron chi connectivity index (χ3n) is 9.62. The molecule has 10 aromatic rings. The minimum absolute atomic E-state index is 0.588. The summed E-state index contributed by atoms with van der Waals surface area (Å²) in [5.41, 5.74) is 9.09. The molecule has 49 heavy (non-hydrogen) atoms. The maximum absolute atomic E-state index is 9.63. The van der Waals surface area contributed by atoms with Crippen molar-refractivity contribution in [1.29, 1.82) is 5.26 Å². The molecule has 3 aromatic heterocycles. The van der Waals surface area contributed by atoms with Crippen molar-refractivity contribution < 1.29 is 0 Å². The molecule has 3 heterocycles. The van der Waals surface area contributed by atoms with Crippen molar-refractivity contribution in [3.63, 3.8) is 0 Å². The van der Waals surface area contributed by atoms with E-state index in [-0.39, 0.29) is 0 Å². The van der Waals surface area contributed by atoms with Gasteiger partial charge in [-0.15, -0.1) is 22.7 Å². The number of aromatic nitrogens is 1. The van der Waals surface area contributed by atoms with Gasteiger partial charge in [-0.05, 0) is 113 Å². The second-order valence-corrected chi connectivity index (χ2v) is 14.5. The maximum atomic E-state index is 9.63. The molecular formula is C44H23N3S2. The normalized spacial score (nSPS) is 11.6. The monoisotopic (exact) mass is 657 g/mol. The lowest BCUT2D eigenvalue weighted by Gasteiger charge is -2.09. The van der Waals surface area contributed by atoms with Gasteiger partial charge in [0.2, 0.25) is 0 Å². The van der Waals surface area contributed by atoms with Crippen molar-refractivity contribution in [1.82, 2.24) is 4.57 Å². The van der Waals surface area contributed by atoms with Crippen LogP contribution in [0.3, 0.4) is 0 Å². The predicted molar refractivity (Wildman–Crippen MR) is 208 cm³/mol. The van der Waals surface area contributed by atoms with E-state index in [0.29, 0.717) is 11.3 Å². The third-order valence-corrected chi connectivity index (χ3v) is 11.9. The summed E-state index contributed by atoms with van der Waals surface area (Å²) >= 11 is 3.66. The van der Waals surface area contributed by atoms with Crippen molar-refractivity contribution in [2.45, 2.75) is 0 Å². The molecule has 10 rings (SSSR count). The van der Waals surface area contributed by atoms with Gasteiger partial charge in [0.05, 0.1) is 29.2 Å². The molecule has 7 aromatic carbocycles. The van der Waals surface area contributed by atoms with Crippen LogP contribution in [0.15, 0.2) is 140 Å². The van der Waals surface area contributed by atoms with Gasteiger partial charge < -0.3 is 4.57 Å². The van der Waals surface area contributed by atoms with Crippen LogP contribution in [0.25, 0.3) is 94.9 Å². The number of thiophene rings is 2. The number of nitriles is 1. The highest BCUT2D eigenvalue weighted by atomic mass is 32.1. The zero-order chi connectivity index (χ0) is 32.6. The predicted octanol–water partition coefficient (Wildman–Crippen LogP) is 13.3. The molecule has 3 nitrogen and oxygen atoms in total. The lowest BCUT2D eigenvalue weighted by Crippen LogP contribution is -1.93. The molecule has 0 N–H and O–H groups in total. The number of benzene rings is 7. The minimum Gasteiger partial charge on any atom is -0.309 e. The molecule has 0 radical (unpaired) electrons. The molecule has 0 aliphatic heterocycles. The molecule has 0 saturated heterocycles. The molecule has 5 heteroatoms. The second-order valence-electron chi connectivity index (χ2n) is 12.4. The van der Waals surface area contributed by atoms with Gasteiger partial charge in [-0.25, -0.2) is 4.85 Å². The first-order chi connectivity index (χ1) is 24.1. The molecule has 0 amide bonds. The van der Waals surface area contributed by atoms with Gasteiger partial charge in [-0.1, -0.05) is 54.6 Å². The SMILES string of the molecule is [C-]#[N+]c1ccc2c(c1)c1cc(C#N)ccc1n2-c1ccc2sc3ccc(-c4cccc(-c5ccc6sc7ccccc7c6c5)c4)cc3c2c1. The molecule has 0 aliphatic rings. The molecule has 0 atom stereocenters. The van der Waals surface area contributed by atoms with E-state index in [0.717, 1.165) is 27.5 Å². The summed E-state index contributed by atoms with van der Waals surface area (Å²) in [5, 5.41) is 16.7. The van der Waals surface area contributed by atoms with E-state index in [1.165, 1.54) is 62.6 Å². The summed E-state index contributed by atoms with van der Waals surface area (Å²) in [6, 6.07) is 51.8. The third kappa shape index (κ3) is 4.31. The standard InChI is InChI=1S/C44H23N3S2/c1-46-31-12-15-40-35(23-31)34-19-26(25-45)9-14-39(34)47(40)32-13-18-44-38(24-32)37-22-30(11-17-43(37)49-44)28-6-4-5-27(20-28)29-10-16-42-36(21-29)33-7-2-3-8-41(33)48-42/h2-24H. The Morgan fingerprint density at radius 1 is 0.490 bits per heavy atom. The van der Waals surface area contributed by atoms with E-state index < -0.39 is 0 Å². The van der Waals surface area contributed by atoms with Crippen LogP contribution in [0.2, 0.25) is 0 Å². The van der Waals surface area contributed by atoms with Crippen molar-refractivity contribution in [2.75, 3.05) is 0 Å². The van der Waals surface area contributed by atoms with Crippen LogP contribution in [0.4, 0.5) is 5.69 Å². The fourth-order valence-corrected chi connectivity index (χ4v) is 9.45. The Morgan fingerprint density at radius 3 is 1.80 bits per heavy atom. The van der Waals surface area contributed by atoms with E-state index in [2.05, 4.69) is 119 Å². The van der Waals surface area contributed by atoms with Crippen LogP contribution >= 0.6 is 22.7 Å². The molecule has 0 spiro atoms. The van der Waals surface area contributed by atoms with E-state index in [1.54, 1.807) is 0 Å². The summed E-state index contributed by atoms with van der Waals surface area (Å²) < 4.78 is 7.39. The van der Waals surface area contributed by atoms with Crippen molar-refractivity contribution in [3.8, 4) is 34.0 Å². The van der Waals surface area contributed by atoms with Crippen LogP contribution < -0.4 is 0 Å². The molecule has 0 fully saturated rings. The second kappa shape index (κ2) is 10.6. The minimum atomic E-state index is 0.588. The quantitative estimate of drug-likeness (QED) is 0.174. The number of hydrogen-bond donors (Lipinski definition) is 0. The molecule has 0 unspecified atom stereocenters. The first kappa shape index (κ1) is 27.8. The van der Waals surface area contributed by atoms with Gasteiger partial charge >= 0.3 is 0 Å². The Labute approximate surface area is 289 Å². The number of fused-ring (bicyclic) bond motifs is 9. The number of nitrogens with zero attached hydrogens (tertiary/aromatic N) is 3. The zero-order valence-electron chi connectivity index (χ0n) is 25.9. The fraction of sp³-hybridized carbons (Fsp3) is 0.